The monoisotopic (exact) mass is 449 g/mol. The second kappa shape index (κ2) is 9.24. The van der Waals surface area contributed by atoms with Gasteiger partial charge >= 0.3 is 13.1 Å². The van der Waals surface area contributed by atoms with E-state index in [1.807, 2.05) is 0 Å². The van der Waals surface area contributed by atoms with Gasteiger partial charge in [-0.3, -0.25) is 4.79 Å². The number of nitrogens with one attached hydrogen (secondary N) is 1. The summed E-state index contributed by atoms with van der Waals surface area (Å²) in [5.41, 5.74) is 5.58. The lowest BCUT2D eigenvalue weighted by Crippen LogP contribution is -2.57. The molecule has 3 fully saturated rings. The Bertz CT molecular complexity index is 871. The first-order chi connectivity index (χ1) is 15.3. The highest BCUT2D eigenvalue weighted by Gasteiger charge is 2.48. The number of likely N-dealkylation sites (tertiary alicyclic amines) is 1. The summed E-state index contributed by atoms with van der Waals surface area (Å²) in [6.07, 6.45) is 0.1000. The predicted octanol–water partition coefficient (Wildman–Crippen LogP) is -1.28. The van der Waals surface area contributed by atoms with Gasteiger partial charge in [0.15, 0.2) is 0 Å². The van der Waals surface area contributed by atoms with E-state index in [9.17, 15) is 29.9 Å². The first-order valence-electron chi connectivity index (χ1n) is 10.7. The number of nitrogens with zero attached hydrogens (tertiary/aromatic N) is 1. The van der Waals surface area contributed by atoms with Gasteiger partial charge in [-0.2, -0.15) is 0 Å². The quantitative estimate of drug-likeness (QED) is 0.262. The number of hydrogen-bond acceptors (Lipinski definition) is 9. The molecule has 0 aromatic heterocycles. The molecule has 2 heterocycles. The fraction of sp³-hybridized carbons (Fsp3) is 0.600. The van der Waals surface area contributed by atoms with Crippen LogP contribution in [0.25, 0.3) is 0 Å². The van der Waals surface area contributed by atoms with Crippen LogP contribution in [0.2, 0.25) is 5.82 Å². The fourth-order valence-electron chi connectivity index (χ4n) is 4.27. The van der Waals surface area contributed by atoms with Gasteiger partial charge in [0.25, 0.3) is 0 Å². The third-order valence-electron chi connectivity index (χ3n) is 6.36. The molecular weight excluding hydrogens is 421 g/mol. The molecule has 11 nitrogen and oxygen atoms in total. The second-order valence-electron chi connectivity index (χ2n) is 8.64. The SMILES string of the molecule is NCC1COC(CC(=O)N2CC(Oc3ccc(C4C[C@H]4B(O)O)c(O)c3C(=O)O)C2)CN1. The van der Waals surface area contributed by atoms with Crippen molar-refractivity contribution in [2.45, 2.75) is 42.8 Å². The Hall–Kier alpha value is -2.38. The second-order valence-corrected chi connectivity index (χ2v) is 8.64. The van der Waals surface area contributed by atoms with Crippen molar-refractivity contribution in [3.8, 4) is 11.5 Å². The summed E-state index contributed by atoms with van der Waals surface area (Å²) >= 11 is 0. The van der Waals surface area contributed by atoms with Crippen LogP contribution in [-0.4, -0.2) is 95.2 Å². The summed E-state index contributed by atoms with van der Waals surface area (Å²) in [7, 11) is -1.51. The molecule has 174 valence electrons. The first-order valence-corrected chi connectivity index (χ1v) is 10.7. The molecule has 4 rings (SSSR count). The molecule has 1 aliphatic carbocycles. The number of benzene rings is 1. The van der Waals surface area contributed by atoms with Crippen LogP contribution in [0.1, 0.15) is 34.7 Å². The Morgan fingerprint density at radius 2 is 2.06 bits per heavy atom. The highest BCUT2D eigenvalue weighted by atomic mass is 16.5. The van der Waals surface area contributed by atoms with Gasteiger partial charge in [-0.05, 0) is 24.0 Å². The molecule has 1 saturated carbocycles. The van der Waals surface area contributed by atoms with E-state index in [1.54, 1.807) is 11.0 Å². The Kier molecular flexibility index (Phi) is 6.58. The predicted molar refractivity (Wildman–Crippen MR) is 113 cm³/mol. The maximum Gasteiger partial charge on any atom is 0.455 e. The molecule has 12 heteroatoms. The molecule has 0 radical (unpaired) electrons. The van der Waals surface area contributed by atoms with E-state index in [1.165, 1.54) is 6.07 Å². The van der Waals surface area contributed by atoms with Crippen molar-refractivity contribution in [2.24, 2.45) is 5.73 Å². The van der Waals surface area contributed by atoms with E-state index in [-0.39, 0.29) is 47.8 Å². The summed E-state index contributed by atoms with van der Waals surface area (Å²) in [6.45, 7) is 2.13. The summed E-state index contributed by atoms with van der Waals surface area (Å²) in [5, 5.41) is 41.9. The topological polar surface area (TPSA) is 175 Å². The molecular formula is C20H28BN3O8. The molecule has 1 aromatic carbocycles. The van der Waals surface area contributed by atoms with Crippen molar-refractivity contribution in [3.63, 3.8) is 0 Å². The lowest BCUT2D eigenvalue weighted by atomic mass is 9.81. The number of aromatic hydroxyl groups is 1. The molecule has 0 spiro atoms. The average Bonchev–Trinajstić information content (AvgIpc) is 3.51. The van der Waals surface area contributed by atoms with Crippen molar-refractivity contribution in [2.75, 3.05) is 32.8 Å². The summed E-state index contributed by atoms with van der Waals surface area (Å²) in [4.78, 5) is 25.8. The van der Waals surface area contributed by atoms with E-state index >= 15 is 0 Å². The van der Waals surface area contributed by atoms with Crippen LogP contribution in [-0.2, 0) is 9.53 Å². The number of nitrogens with two attached hydrogens (primary N) is 1. The van der Waals surface area contributed by atoms with E-state index in [4.69, 9.17) is 15.2 Å². The third kappa shape index (κ3) is 4.69. The summed E-state index contributed by atoms with van der Waals surface area (Å²) in [6, 6.07) is 3.12. The minimum Gasteiger partial charge on any atom is -0.507 e. The van der Waals surface area contributed by atoms with Crippen LogP contribution in [0, 0.1) is 0 Å². The van der Waals surface area contributed by atoms with Crippen molar-refractivity contribution in [3.05, 3.63) is 23.3 Å². The van der Waals surface area contributed by atoms with Crippen LogP contribution < -0.4 is 15.8 Å². The van der Waals surface area contributed by atoms with E-state index in [0.29, 0.717) is 44.8 Å². The number of aromatic carboxylic acids is 1. The smallest absolute Gasteiger partial charge is 0.455 e. The molecule has 32 heavy (non-hydrogen) atoms. The molecule has 2 aliphatic heterocycles. The Labute approximate surface area is 185 Å². The summed E-state index contributed by atoms with van der Waals surface area (Å²) < 4.78 is 11.4. The van der Waals surface area contributed by atoms with Gasteiger partial charge in [-0.25, -0.2) is 4.79 Å². The number of carboxylic acid groups (broad SMARTS) is 1. The maximum atomic E-state index is 12.4. The van der Waals surface area contributed by atoms with Crippen LogP contribution in [0.4, 0.5) is 0 Å². The normalized spacial score (nSPS) is 27.5. The molecule has 3 aliphatic rings. The zero-order chi connectivity index (χ0) is 23.0. The van der Waals surface area contributed by atoms with Crippen LogP contribution >= 0.6 is 0 Å². The number of rotatable bonds is 8. The fourth-order valence-corrected chi connectivity index (χ4v) is 4.27. The lowest BCUT2D eigenvalue weighted by molar-refractivity contribution is -0.143. The lowest BCUT2D eigenvalue weighted by Gasteiger charge is -2.40. The Balaban J connectivity index is 1.32. The highest BCUT2D eigenvalue weighted by Crippen LogP contribution is 2.56. The number of carbonyl (C=O) groups is 2. The number of morpholine rings is 1. The van der Waals surface area contributed by atoms with Gasteiger partial charge in [-0.15, -0.1) is 0 Å². The number of hydrogen-bond donors (Lipinski definition) is 6. The molecule has 4 atom stereocenters. The number of amides is 1. The molecule has 7 N–H and O–H groups in total. The van der Waals surface area contributed by atoms with Crippen LogP contribution in [0.3, 0.4) is 0 Å². The van der Waals surface area contributed by atoms with Crippen molar-refractivity contribution in [1.29, 1.82) is 0 Å². The van der Waals surface area contributed by atoms with Crippen LogP contribution in [0.15, 0.2) is 12.1 Å². The van der Waals surface area contributed by atoms with Crippen LogP contribution in [0.5, 0.6) is 11.5 Å². The van der Waals surface area contributed by atoms with Crippen molar-refractivity contribution in [1.82, 2.24) is 10.2 Å². The van der Waals surface area contributed by atoms with E-state index < -0.39 is 24.7 Å². The average molecular weight is 449 g/mol. The Morgan fingerprint density at radius 3 is 2.62 bits per heavy atom. The van der Waals surface area contributed by atoms with E-state index in [0.717, 1.165) is 0 Å². The van der Waals surface area contributed by atoms with E-state index in [2.05, 4.69) is 5.32 Å². The minimum absolute atomic E-state index is 0.0187. The highest BCUT2D eigenvalue weighted by molar-refractivity contribution is 6.44. The first kappa shape index (κ1) is 22.8. The zero-order valence-electron chi connectivity index (χ0n) is 17.5. The maximum absolute atomic E-state index is 12.4. The number of phenols is 1. The molecule has 3 unspecified atom stereocenters. The third-order valence-corrected chi connectivity index (χ3v) is 6.36. The summed E-state index contributed by atoms with van der Waals surface area (Å²) in [5.74, 6) is -2.55. The van der Waals surface area contributed by atoms with Gasteiger partial charge < -0.3 is 45.7 Å². The zero-order valence-corrected chi connectivity index (χ0v) is 17.5. The minimum atomic E-state index is -1.51. The molecule has 1 amide bonds. The van der Waals surface area contributed by atoms with Crippen molar-refractivity contribution >= 4 is 19.0 Å². The number of ether oxygens (including phenoxy) is 2. The van der Waals surface area contributed by atoms with Gasteiger partial charge in [-0.1, -0.05) is 6.07 Å². The molecule has 1 aromatic rings. The van der Waals surface area contributed by atoms with Gasteiger partial charge in [0.05, 0.1) is 32.2 Å². The number of carboxylic acids is 1. The molecule has 2 saturated heterocycles. The van der Waals surface area contributed by atoms with Gasteiger partial charge in [0.2, 0.25) is 5.91 Å². The number of carbonyl (C=O) groups excluding carboxylic acids is 1. The molecule has 0 bridgehead atoms. The Morgan fingerprint density at radius 1 is 1.31 bits per heavy atom. The largest absolute Gasteiger partial charge is 0.507 e. The van der Waals surface area contributed by atoms with Crippen molar-refractivity contribution < 1.29 is 39.3 Å². The van der Waals surface area contributed by atoms with Gasteiger partial charge in [0.1, 0.15) is 23.2 Å². The standard InChI is InChI=1S/C20H28BN3O8/c22-5-10-9-31-11(6-23-10)3-17(25)24-7-12(8-24)32-16-2-1-13(14-4-15(14)21(29)30)19(26)18(16)20(27)28/h1-2,10-12,14-15,23,26,29-30H,3-9,22H2,(H,27,28)/t10?,11?,14?,15-/m1/s1. The van der Waals surface area contributed by atoms with Gasteiger partial charge in [0, 0.05) is 24.9 Å².